The molecule has 1 aliphatic rings. The average Bonchev–Trinajstić information content (AvgIpc) is 2.95. The summed E-state index contributed by atoms with van der Waals surface area (Å²) in [6, 6.07) is 11.4. The molecule has 2 aromatic rings. The topological polar surface area (TPSA) is 0 Å². The fraction of sp³-hybridized carbons (Fsp3) is 0.368. The zero-order valence-corrected chi connectivity index (χ0v) is 13.9. The van der Waals surface area contributed by atoms with Crippen molar-refractivity contribution in [2.45, 2.75) is 46.0 Å². The van der Waals surface area contributed by atoms with Gasteiger partial charge in [0.1, 0.15) is 0 Å². The van der Waals surface area contributed by atoms with Crippen molar-refractivity contribution in [3.63, 3.8) is 0 Å². The van der Waals surface area contributed by atoms with Gasteiger partial charge in [-0.2, -0.15) is 0 Å². The summed E-state index contributed by atoms with van der Waals surface area (Å²) in [5.41, 5.74) is 8.96. The van der Waals surface area contributed by atoms with Gasteiger partial charge in [0.05, 0.1) is 0 Å². The van der Waals surface area contributed by atoms with E-state index in [9.17, 15) is 0 Å². The molecule has 0 nitrogen and oxygen atoms in total. The summed E-state index contributed by atoms with van der Waals surface area (Å²) >= 11 is 3.77. The molecule has 0 heterocycles. The van der Waals surface area contributed by atoms with E-state index >= 15 is 0 Å². The minimum atomic E-state index is 1.04. The Labute approximate surface area is 130 Å². The molecule has 0 radical (unpaired) electrons. The number of benzene rings is 2. The fourth-order valence-electron chi connectivity index (χ4n) is 3.26. The van der Waals surface area contributed by atoms with Crippen LogP contribution in [0.25, 0.3) is 0 Å². The van der Waals surface area contributed by atoms with Gasteiger partial charge in [-0.05, 0) is 78.5 Å². The largest absolute Gasteiger partial charge is 0.0613 e. The molecular formula is C19H21Br. The Morgan fingerprint density at radius 3 is 2.35 bits per heavy atom. The molecule has 0 saturated heterocycles. The van der Waals surface area contributed by atoms with Crippen LogP contribution in [-0.2, 0) is 25.7 Å². The average molecular weight is 329 g/mol. The van der Waals surface area contributed by atoms with Crippen LogP contribution in [0, 0.1) is 6.92 Å². The van der Waals surface area contributed by atoms with Crippen LogP contribution in [0.2, 0.25) is 0 Å². The third-order valence-corrected chi connectivity index (χ3v) is 5.27. The highest BCUT2D eigenvalue weighted by Crippen LogP contribution is 2.34. The van der Waals surface area contributed by atoms with Crippen LogP contribution in [0.4, 0.5) is 0 Å². The predicted octanol–water partition coefficient (Wildman–Crippen LogP) is 5.40. The Morgan fingerprint density at radius 2 is 1.65 bits per heavy atom. The van der Waals surface area contributed by atoms with Crippen LogP contribution in [0.15, 0.2) is 34.8 Å². The van der Waals surface area contributed by atoms with Crippen molar-refractivity contribution in [2.24, 2.45) is 0 Å². The molecule has 0 saturated carbocycles. The summed E-state index contributed by atoms with van der Waals surface area (Å²) in [6.07, 6.45) is 5.96. The zero-order valence-electron chi connectivity index (χ0n) is 12.3. The second kappa shape index (κ2) is 5.73. The van der Waals surface area contributed by atoms with Crippen LogP contribution in [0.5, 0.6) is 0 Å². The molecular weight excluding hydrogens is 308 g/mol. The quantitative estimate of drug-likeness (QED) is 0.707. The highest BCUT2D eigenvalue weighted by atomic mass is 79.9. The van der Waals surface area contributed by atoms with Crippen molar-refractivity contribution in [1.82, 2.24) is 0 Å². The number of hydrogen-bond donors (Lipinski definition) is 0. The Balaban J connectivity index is 1.92. The van der Waals surface area contributed by atoms with Gasteiger partial charge in [-0.25, -0.2) is 0 Å². The molecule has 104 valence electrons. The summed E-state index contributed by atoms with van der Waals surface area (Å²) in [5.74, 6) is 0. The van der Waals surface area contributed by atoms with Gasteiger partial charge in [0, 0.05) is 4.47 Å². The van der Waals surface area contributed by atoms with E-state index in [0.29, 0.717) is 0 Å². The highest BCUT2D eigenvalue weighted by molar-refractivity contribution is 9.10. The lowest BCUT2D eigenvalue weighted by Crippen LogP contribution is -1.98. The smallest absolute Gasteiger partial charge is 0.0213 e. The maximum atomic E-state index is 3.77. The fourth-order valence-corrected chi connectivity index (χ4v) is 3.97. The molecule has 2 aromatic carbocycles. The number of rotatable bonds is 3. The van der Waals surface area contributed by atoms with Gasteiger partial charge in [-0.3, -0.25) is 0 Å². The van der Waals surface area contributed by atoms with E-state index in [1.807, 2.05) is 0 Å². The van der Waals surface area contributed by atoms with Crippen molar-refractivity contribution >= 4 is 15.9 Å². The van der Waals surface area contributed by atoms with E-state index in [0.717, 1.165) is 12.8 Å². The second-order valence-corrected chi connectivity index (χ2v) is 6.65. The summed E-state index contributed by atoms with van der Waals surface area (Å²) in [4.78, 5) is 0. The monoisotopic (exact) mass is 328 g/mol. The maximum Gasteiger partial charge on any atom is 0.0213 e. The first kappa shape index (κ1) is 13.9. The zero-order chi connectivity index (χ0) is 14.1. The second-order valence-electron chi connectivity index (χ2n) is 5.80. The Morgan fingerprint density at radius 1 is 1.00 bits per heavy atom. The molecule has 20 heavy (non-hydrogen) atoms. The van der Waals surface area contributed by atoms with E-state index in [-0.39, 0.29) is 0 Å². The highest BCUT2D eigenvalue weighted by Gasteiger charge is 2.18. The molecule has 3 rings (SSSR count). The SMILES string of the molecule is CCc1ccc(Cc2cc(Br)c3c(c2C)CCC3)cc1. The first-order chi connectivity index (χ1) is 9.69. The van der Waals surface area contributed by atoms with Gasteiger partial charge in [-0.15, -0.1) is 0 Å². The van der Waals surface area contributed by atoms with Gasteiger partial charge >= 0.3 is 0 Å². The molecule has 0 unspecified atom stereocenters. The summed E-state index contributed by atoms with van der Waals surface area (Å²) in [6.45, 7) is 4.50. The molecule has 0 bridgehead atoms. The van der Waals surface area contributed by atoms with Crippen molar-refractivity contribution in [1.29, 1.82) is 0 Å². The van der Waals surface area contributed by atoms with Gasteiger partial charge in [0.25, 0.3) is 0 Å². The van der Waals surface area contributed by atoms with Gasteiger partial charge < -0.3 is 0 Å². The summed E-state index contributed by atoms with van der Waals surface area (Å²) in [5, 5.41) is 0. The van der Waals surface area contributed by atoms with E-state index in [2.05, 4.69) is 60.1 Å². The molecule has 0 aromatic heterocycles. The van der Waals surface area contributed by atoms with Gasteiger partial charge in [0.2, 0.25) is 0 Å². The van der Waals surface area contributed by atoms with E-state index < -0.39 is 0 Å². The van der Waals surface area contributed by atoms with Crippen LogP contribution in [0.3, 0.4) is 0 Å². The molecule has 0 atom stereocenters. The number of halogens is 1. The lowest BCUT2D eigenvalue weighted by molar-refractivity contribution is 0.907. The first-order valence-electron chi connectivity index (χ1n) is 7.56. The lowest BCUT2D eigenvalue weighted by Gasteiger charge is -2.13. The molecule has 1 aliphatic carbocycles. The Kier molecular flexibility index (Phi) is 3.98. The third-order valence-electron chi connectivity index (χ3n) is 4.57. The van der Waals surface area contributed by atoms with Gasteiger partial charge in [-0.1, -0.05) is 47.1 Å². The maximum absolute atomic E-state index is 3.77. The molecule has 1 heteroatoms. The predicted molar refractivity (Wildman–Crippen MR) is 89.5 cm³/mol. The summed E-state index contributed by atoms with van der Waals surface area (Å²) < 4.78 is 1.32. The Bertz CT molecular complexity index is 623. The van der Waals surface area contributed by atoms with Crippen LogP contribution >= 0.6 is 15.9 Å². The van der Waals surface area contributed by atoms with Crippen LogP contribution in [0.1, 0.15) is 46.7 Å². The molecule has 0 N–H and O–H groups in total. The number of hydrogen-bond acceptors (Lipinski definition) is 0. The van der Waals surface area contributed by atoms with Crippen LogP contribution in [-0.4, -0.2) is 0 Å². The van der Waals surface area contributed by atoms with Gasteiger partial charge in [0.15, 0.2) is 0 Å². The van der Waals surface area contributed by atoms with Crippen molar-refractivity contribution < 1.29 is 0 Å². The van der Waals surface area contributed by atoms with E-state index in [1.165, 1.54) is 46.0 Å². The normalized spacial score (nSPS) is 13.6. The van der Waals surface area contributed by atoms with Crippen molar-refractivity contribution in [3.05, 3.63) is 68.2 Å². The van der Waals surface area contributed by atoms with Crippen molar-refractivity contribution in [3.8, 4) is 0 Å². The minimum Gasteiger partial charge on any atom is -0.0613 e. The Hall–Kier alpha value is -1.08. The van der Waals surface area contributed by atoms with Crippen molar-refractivity contribution in [2.75, 3.05) is 0 Å². The molecule has 0 amide bonds. The molecule has 0 fully saturated rings. The number of fused-ring (bicyclic) bond motifs is 1. The lowest BCUT2D eigenvalue weighted by atomic mass is 9.94. The number of aryl methyl sites for hydroxylation is 1. The third kappa shape index (κ3) is 2.56. The van der Waals surface area contributed by atoms with E-state index in [4.69, 9.17) is 0 Å². The minimum absolute atomic E-state index is 1.04. The summed E-state index contributed by atoms with van der Waals surface area (Å²) in [7, 11) is 0. The van der Waals surface area contributed by atoms with E-state index in [1.54, 1.807) is 11.1 Å². The van der Waals surface area contributed by atoms with Crippen LogP contribution < -0.4 is 0 Å². The standard InChI is InChI=1S/C19H21Br/c1-3-14-7-9-15(10-8-14)11-16-12-19(20)18-6-4-5-17(18)13(16)2/h7-10,12H,3-6,11H2,1-2H3. The molecule has 0 spiro atoms. The molecule has 0 aliphatic heterocycles. The first-order valence-corrected chi connectivity index (χ1v) is 8.36.